The number of aliphatic hydroxyl groups excluding tert-OH is 1. The van der Waals surface area contributed by atoms with Crippen LogP contribution in [0.25, 0.3) is 0 Å². The third-order valence-corrected chi connectivity index (χ3v) is 5.94. The molecule has 0 unspecified atom stereocenters. The molecule has 0 radical (unpaired) electrons. The molecule has 0 aliphatic heterocycles. The van der Waals surface area contributed by atoms with Gasteiger partial charge in [-0.05, 0) is 74.7 Å². The van der Waals surface area contributed by atoms with Gasteiger partial charge in [-0.25, -0.2) is 0 Å². The fraction of sp³-hybridized carbons (Fsp3) is 1.00. The Bertz CT molecular complexity index is 334. The van der Waals surface area contributed by atoms with Crippen LogP contribution >= 0.6 is 0 Å². The molecule has 4 saturated carbocycles. The maximum atomic E-state index is 12.6. The summed E-state index contributed by atoms with van der Waals surface area (Å²) in [6.07, 6.45) is 4.50. The molecule has 0 spiro atoms. The fourth-order valence-electron chi connectivity index (χ4n) is 5.66. The van der Waals surface area contributed by atoms with Crippen LogP contribution in [0.2, 0.25) is 0 Å². The van der Waals surface area contributed by atoms with Gasteiger partial charge < -0.3 is 5.11 Å². The smallest absolute Gasteiger partial charge is 0.395 e. The number of aliphatic hydroxyl groups is 1. The molecule has 0 aromatic carbocycles. The van der Waals surface area contributed by atoms with Crippen molar-refractivity contribution in [2.45, 2.75) is 51.1 Å². The van der Waals surface area contributed by atoms with E-state index in [1.807, 2.05) is 0 Å². The zero-order chi connectivity index (χ0) is 15.1. The molecule has 5 heteroatoms. The van der Waals surface area contributed by atoms with Gasteiger partial charge in [0, 0.05) is 6.54 Å². The third-order valence-electron chi connectivity index (χ3n) is 5.94. The van der Waals surface area contributed by atoms with Gasteiger partial charge in [-0.1, -0.05) is 0 Å². The summed E-state index contributed by atoms with van der Waals surface area (Å²) in [5.74, 6) is 2.51. The summed E-state index contributed by atoms with van der Waals surface area (Å²) in [6.45, 7) is -0.477. The van der Waals surface area contributed by atoms with Crippen molar-refractivity contribution in [3.05, 3.63) is 0 Å². The van der Waals surface area contributed by atoms with Crippen LogP contribution in [0.1, 0.15) is 44.9 Å². The normalized spacial score (nSPS) is 38.4. The van der Waals surface area contributed by atoms with E-state index in [0.29, 0.717) is 12.0 Å². The van der Waals surface area contributed by atoms with E-state index in [0.717, 1.165) is 24.2 Å². The van der Waals surface area contributed by atoms with Crippen molar-refractivity contribution in [3.63, 3.8) is 0 Å². The summed E-state index contributed by atoms with van der Waals surface area (Å²) in [6, 6.07) is 0. The second-order valence-corrected chi connectivity index (χ2v) is 7.78. The third kappa shape index (κ3) is 3.73. The van der Waals surface area contributed by atoms with E-state index in [9.17, 15) is 13.2 Å². The lowest BCUT2D eigenvalue weighted by atomic mass is 9.49. The second kappa shape index (κ2) is 5.73. The van der Waals surface area contributed by atoms with E-state index >= 15 is 0 Å². The second-order valence-electron chi connectivity index (χ2n) is 7.78. The highest BCUT2D eigenvalue weighted by atomic mass is 19.4. The Morgan fingerprint density at radius 1 is 0.952 bits per heavy atom. The van der Waals surface area contributed by atoms with E-state index < -0.39 is 12.7 Å². The molecule has 0 amide bonds. The topological polar surface area (TPSA) is 23.5 Å². The van der Waals surface area contributed by atoms with Gasteiger partial charge in [-0.15, -0.1) is 0 Å². The van der Waals surface area contributed by atoms with Gasteiger partial charge in [0.25, 0.3) is 0 Å². The van der Waals surface area contributed by atoms with Crippen LogP contribution in [0.5, 0.6) is 0 Å². The minimum atomic E-state index is -4.17. The zero-order valence-corrected chi connectivity index (χ0v) is 12.5. The highest BCUT2D eigenvalue weighted by Crippen LogP contribution is 2.61. The largest absolute Gasteiger partial charge is 0.401 e. The van der Waals surface area contributed by atoms with Gasteiger partial charge in [0.1, 0.15) is 0 Å². The average molecular weight is 305 g/mol. The van der Waals surface area contributed by atoms with Crippen LogP contribution in [0.4, 0.5) is 13.2 Å². The molecule has 0 aromatic heterocycles. The Morgan fingerprint density at radius 2 is 1.48 bits per heavy atom. The Labute approximate surface area is 124 Å². The molecule has 0 atom stereocenters. The molecule has 4 bridgehead atoms. The molecule has 0 saturated heterocycles. The summed E-state index contributed by atoms with van der Waals surface area (Å²) in [4.78, 5) is 1.39. The summed E-state index contributed by atoms with van der Waals surface area (Å²) in [7, 11) is 0. The van der Waals surface area contributed by atoms with Crippen LogP contribution < -0.4 is 0 Å². The van der Waals surface area contributed by atoms with Crippen LogP contribution in [0.3, 0.4) is 0 Å². The number of nitrogens with zero attached hydrogens (tertiary/aromatic N) is 1. The van der Waals surface area contributed by atoms with Gasteiger partial charge in [0.05, 0.1) is 13.2 Å². The molecule has 4 aliphatic carbocycles. The monoisotopic (exact) mass is 305 g/mol. The number of hydrogen-bond acceptors (Lipinski definition) is 2. The molecule has 122 valence electrons. The van der Waals surface area contributed by atoms with E-state index in [1.165, 1.54) is 43.4 Å². The summed E-state index contributed by atoms with van der Waals surface area (Å²) in [5, 5.41) is 8.99. The first kappa shape index (κ1) is 15.6. The number of halogens is 3. The molecule has 1 N–H and O–H groups in total. The average Bonchev–Trinajstić information content (AvgIpc) is 2.33. The van der Waals surface area contributed by atoms with Crippen molar-refractivity contribution < 1.29 is 18.3 Å². The summed E-state index contributed by atoms with van der Waals surface area (Å²) < 4.78 is 37.8. The maximum absolute atomic E-state index is 12.6. The number of hydrogen-bond donors (Lipinski definition) is 1. The zero-order valence-electron chi connectivity index (χ0n) is 12.5. The SMILES string of the molecule is OCCN(CCC12CC3CC(CC(C3)C1)C2)CC(F)(F)F. The van der Waals surface area contributed by atoms with E-state index in [2.05, 4.69) is 0 Å². The van der Waals surface area contributed by atoms with E-state index in [1.54, 1.807) is 0 Å². The molecule has 4 rings (SSSR count). The van der Waals surface area contributed by atoms with Gasteiger partial charge >= 0.3 is 6.18 Å². The maximum Gasteiger partial charge on any atom is 0.401 e. The molecule has 4 fully saturated rings. The Hall–Kier alpha value is -0.290. The first-order valence-electron chi connectivity index (χ1n) is 8.27. The van der Waals surface area contributed by atoms with Crippen molar-refractivity contribution in [1.82, 2.24) is 4.90 Å². The fourth-order valence-corrected chi connectivity index (χ4v) is 5.66. The van der Waals surface area contributed by atoms with Crippen molar-refractivity contribution in [2.75, 3.05) is 26.2 Å². The highest BCUT2D eigenvalue weighted by molar-refractivity contribution is 5.01. The lowest BCUT2D eigenvalue weighted by Crippen LogP contribution is -2.48. The first-order chi connectivity index (χ1) is 9.87. The Kier molecular flexibility index (Phi) is 4.25. The van der Waals surface area contributed by atoms with Gasteiger partial charge in [-0.2, -0.15) is 13.2 Å². The van der Waals surface area contributed by atoms with Gasteiger partial charge in [0.2, 0.25) is 0 Å². The summed E-state index contributed by atoms with van der Waals surface area (Å²) >= 11 is 0. The van der Waals surface area contributed by atoms with Crippen molar-refractivity contribution in [1.29, 1.82) is 0 Å². The Morgan fingerprint density at radius 3 is 1.90 bits per heavy atom. The quantitative estimate of drug-likeness (QED) is 0.812. The van der Waals surface area contributed by atoms with Crippen molar-refractivity contribution in [2.24, 2.45) is 23.2 Å². The minimum Gasteiger partial charge on any atom is -0.395 e. The number of alkyl halides is 3. The lowest BCUT2D eigenvalue weighted by molar-refractivity contribution is -0.149. The van der Waals surface area contributed by atoms with Crippen molar-refractivity contribution >= 4 is 0 Å². The summed E-state index contributed by atoms with van der Waals surface area (Å²) in [5.41, 5.74) is 0.314. The Balaban J connectivity index is 1.58. The van der Waals surface area contributed by atoms with Crippen LogP contribution in [-0.2, 0) is 0 Å². The van der Waals surface area contributed by atoms with E-state index in [4.69, 9.17) is 5.11 Å². The predicted octanol–water partition coefficient (Wildman–Crippen LogP) is 3.45. The predicted molar refractivity (Wildman–Crippen MR) is 74.8 cm³/mol. The van der Waals surface area contributed by atoms with Crippen molar-refractivity contribution in [3.8, 4) is 0 Å². The van der Waals surface area contributed by atoms with Gasteiger partial charge in [0.15, 0.2) is 0 Å². The number of rotatable bonds is 6. The molecular weight excluding hydrogens is 279 g/mol. The highest BCUT2D eigenvalue weighted by Gasteiger charge is 2.50. The molecule has 0 heterocycles. The standard InChI is InChI=1S/C16H26F3NO/c17-16(18,19)11-20(3-4-21)2-1-15-8-12-5-13(9-15)7-14(6-12)10-15/h12-14,21H,1-11H2. The molecule has 21 heavy (non-hydrogen) atoms. The molecule has 4 aliphatic rings. The molecular formula is C16H26F3NO. The van der Waals surface area contributed by atoms with Crippen LogP contribution in [-0.4, -0.2) is 42.4 Å². The van der Waals surface area contributed by atoms with Crippen LogP contribution in [0.15, 0.2) is 0 Å². The molecule has 2 nitrogen and oxygen atoms in total. The van der Waals surface area contributed by atoms with Crippen LogP contribution in [0, 0.1) is 23.2 Å². The van der Waals surface area contributed by atoms with E-state index in [-0.39, 0.29) is 13.2 Å². The molecule has 0 aromatic rings. The van der Waals surface area contributed by atoms with Gasteiger partial charge in [-0.3, -0.25) is 4.90 Å². The first-order valence-corrected chi connectivity index (χ1v) is 8.27. The lowest BCUT2D eigenvalue weighted by Gasteiger charge is -2.57. The minimum absolute atomic E-state index is 0.131.